The van der Waals surface area contributed by atoms with Crippen LogP contribution in [-0.2, 0) is 31.0 Å². The molecular formula is C20H29NO7. The van der Waals surface area contributed by atoms with E-state index in [4.69, 9.17) is 23.7 Å². The maximum Gasteiger partial charge on any atom is 0.343 e. The van der Waals surface area contributed by atoms with Crippen molar-refractivity contribution in [3.63, 3.8) is 0 Å². The minimum Gasteiger partial charge on any atom is -0.492 e. The van der Waals surface area contributed by atoms with Gasteiger partial charge in [0.15, 0.2) is 11.5 Å². The van der Waals surface area contributed by atoms with E-state index < -0.39 is 17.5 Å². The average molecular weight is 395 g/mol. The second-order valence-corrected chi connectivity index (χ2v) is 6.51. The minimum absolute atomic E-state index is 0.0988. The van der Waals surface area contributed by atoms with Gasteiger partial charge in [0.25, 0.3) is 0 Å². The van der Waals surface area contributed by atoms with E-state index in [1.165, 1.54) is 14.2 Å². The normalized spacial score (nSPS) is 14.8. The van der Waals surface area contributed by atoms with Gasteiger partial charge in [0.05, 0.1) is 33.5 Å². The molecule has 0 bridgehead atoms. The van der Waals surface area contributed by atoms with Crippen LogP contribution in [0.2, 0.25) is 0 Å². The van der Waals surface area contributed by atoms with E-state index in [9.17, 15) is 9.59 Å². The summed E-state index contributed by atoms with van der Waals surface area (Å²) < 4.78 is 27.5. The van der Waals surface area contributed by atoms with Crippen molar-refractivity contribution in [2.24, 2.45) is 0 Å². The Balaban J connectivity index is 2.82. The highest BCUT2D eigenvalue weighted by molar-refractivity contribution is 6.07. The molecular weight excluding hydrogens is 366 g/mol. The third-order valence-electron chi connectivity index (χ3n) is 4.38. The second kappa shape index (κ2) is 9.14. The monoisotopic (exact) mass is 395 g/mol. The summed E-state index contributed by atoms with van der Waals surface area (Å²) in [5, 5.41) is 3.02. The van der Waals surface area contributed by atoms with Gasteiger partial charge < -0.3 is 23.7 Å². The molecule has 0 radical (unpaired) electrons. The zero-order valence-corrected chi connectivity index (χ0v) is 17.3. The summed E-state index contributed by atoms with van der Waals surface area (Å²) in [4.78, 5) is 26.0. The van der Waals surface area contributed by atoms with Crippen LogP contribution in [0, 0.1) is 0 Å². The number of rotatable bonds is 8. The summed E-state index contributed by atoms with van der Waals surface area (Å²) >= 11 is 0. The molecule has 1 aliphatic rings. The maximum atomic E-state index is 13.0. The van der Waals surface area contributed by atoms with Gasteiger partial charge in [-0.3, -0.25) is 5.32 Å². The minimum atomic E-state index is -1.84. The number of nitrogens with one attached hydrogen (secondary N) is 1. The topological polar surface area (TPSA) is 92.3 Å². The number of benzene rings is 1. The van der Waals surface area contributed by atoms with Crippen molar-refractivity contribution in [2.45, 2.75) is 45.8 Å². The average Bonchev–Trinajstić information content (AvgIpc) is 2.66. The predicted octanol–water partition coefficient (Wildman–Crippen LogP) is 1.96. The Labute approximate surface area is 165 Å². The molecule has 1 aromatic carbocycles. The summed E-state index contributed by atoms with van der Waals surface area (Å²) in [7, 11) is 2.93. The summed E-state index contributed by atoms with van der Waals surface area (Å²) in [6, 6.07) is 1.78. The van der Waals surface area contributed by atoms with Crippen LogP contribution in [0.4, 0.5) is 0 Å². The summed E-state index contributed by atoms with van der Waals surface area (Å²) in [5.41, 5.74) is -0.770. The first kappa shape index (κ1) is 21.8. The van der Waals surface area contributed by atoms with E-state index in [1.807, 2.05) is 13.8 Å². The van der Waals surface area contributed by atoms with Gasteiger partial charge in [-0.05, 0) is 45.7 Å². The van der Waals surface area contributed by atoms with E-state index in [0.29, 0.717) is 30.0 Å². The number of esters is 2. The SMILES string of the molecule is CCOC(=O)C1(C(=O)OCC)NCCc2cc(OC(C)C)c(OC)c(OC)c21. The lowest BCUT2D eigenvalue weighted by Crippen LogP contribution is -2.60. The zero-order chi connectivity index (χ0) is 20.9. The molecule has 0 aromatic heterocycles. The molecule has 1 heterocycles. The van der Waals surface area contributed by atoms with Crippen LogP contribution in [-0.4, -0.2) is 52.0 Å². The van der Waals surface area contributed by atoms with Crippen LogP contribution in [0.5, 0.6) is 17.2 Å². The molecule has 2 rings (SSSR count). The van der Waals surface area contributed by atoms with Gasteiger partial charge >= 0.3 is 11.9 Å². The Bertz CT molecular complexity index is 712. The largest absolute Gasteiger partial charge is 0.492 e. The maximum absolute atomic E-state index is 13.0. The molecule has 8 nitrogen and oxygen atoms in total. The molecule has 0 spiro atoms. The lowest BCUT2D eigenvalue weighted by Gasteiger charge is -2.37. The highest BCUT2D eigenvalue weighted by Gasteiger charge is 2.55. The first-order valence-electron chi connectivity index (χ1n) is 9.41. The number of carbonyl (C=O) groups excluding carboxylic acids is 2. The Morgan fingerprint density at radius 3 is 2.11 bits per heavy atom. The summed E-state index contributed by atoms with van der Waals surface area (Å²) in [6.45, 7) is 7.76. The van der Waals surface area contributed by atoms with Crippen LogP contribution >= 0.6 is 0 Å². The smallest absolute Gasteiger partial charge is 0.343 e. The first-order valence-corrected chi connectivity index (χ1v) is 9.41. The Morgan fingerprint density at radius 2 is 1.64 bits per heavy atom. The van der Waals surface area contributed by atoms with Crippen molar-refractivity contribution in [1.29, 1.82) is 0 Å². The molecule has 1 aliphatic heterocycles. The Kier molecular flexibility index (Phi) is 7.12. The lowest BCUT2D eigenvalue weighted by atomic mass is 9.80. The van der Waals surface area contributed by atoms with Gasteiger partial charge in [-0.2, -0.15) is 0 Å². The van der Waals surface area contributed by atoms with Crippen LogP contribution in [0.1, 0.15) is 38.8 Å². The van der Waals surface area contributed by atoms with Crippen molar-refractivity contribution in [3.8, 4) is 17.2 Å². The fraction of sp³-hybridized carbons (Fsp3) is 0.600. The van der Waals surface area contributed by atoms with Crippen molar-refractivity contribution < 1.29 is 33.3 Å². The van der Waals surface area contributed by atoms with Crippen LogP contribution in [0.15, 0.2) is 6.07 Å². The molecule has 0 fully saturated rings. The Morgan fingerprint density at radius 1 is 1.07 bits per heavy atom. The summed E-state index contributed by atoms with van der Waals surface area (Å²) in [6.07, 6.45) is 0.461. The quantitative estimate of drug-likeness (QED) is 0.528. The zero-order valence-electron chi connectivity index (χ0n) is 17.3. The van der Waals surface area contributed by atoms with Gasteiger partial charge in [0.1, 0.15) is 0 Å². The molecule has 1 aromatic rings. The van der Waals surface area contributed by atoms with Gasteiger partial charge in [0.2, 0.25) is 11.3 Å². The lowest BCUT2D eigenvalue weighted by molar-refractivity contribution is -0.167. The fourth-order valence-electron chi connectivity index (χ4n) is 3.39. The molecule has 156 valence electrons. The first-order chi connectivity index (χ1) is 13.4. The number of hydrogen-bond donors (Lipinski definition) is 1. The van der Waals surface area contributed by atoms with Crippen molar-refractivity contribution in [2.75, 3.05) is 34.0 Å². The molecule has 0 saturated heterocycles. The molecule has 0 amide bonds. The molecule has 1 N–H and O–H groups in total. The predicted molar refractivity (Wildman–Crippen MR) is 102 cm³/mol. The highest BCUT2D eigenvalue weighted by atomic mass is 16.6. The second-order valence-electron chi connectivity index (χ2n) is 6.51. The standard InChI is InChI=1S/C20H29NO7/c1-7-26-18(22)20(19(23)27-8-2)15-13(9-10-21-20)11-14(28-12(3)4)16(24-5)17(15)25-6/h11-12,21H,7-10H2,1-6H3. The number of carbonyl (C=O) groups is 2. The number of hydrogen-bond acceptors (Lipinski definition) is 8. The number of methoxy groups -OCH3 is 2. The van der Waals surface area contributed by atoms with Gasteiger partial charge in [-0.25, -0.2) is 9.59 Å². The number of fused-ring (bicyclic) bond motifs is 1. The molecule has 0 atom stereocenters. The van der Waals surface area contributed by atoms with Crippen molar-refractivity contribution in [1.82, 2.24) is 5.32 Å². The van der Waals surface area contributed by atoms with Gasteiger partial charge in [-0.1, -0.05) is 0 Å². The van der Waals surface area contributed by atoms with E-state index in [-0.39, 0.29) is 25.1 Å². The van der Waals surface area contributed by atoms with Gasteiger partial charge in [-0.15, -0.1) is 0 Å². The van der Waals surface area contributed by atoms with Crippen LogP contribution in [0.3, 0.4) is 0 Å². The van der Waals surface area contributed by atoms with Crippen LogP contribution in [0.25, 0.3) is 0 Å². The van der Waals surface area contributed by atoms with Crippen LogP contribution < -0.4 is 19.5 Å². The van der Waals surface area contributed by atoms with E-state index >= 15 is 0 Å². The molecule has 0 aliphatic carbocycles. The molecule has 0 unspecified atom stereocenters. The van der Waals surface area contributed by atoms with Gasteiger partial charge in [0, 0.05) is 12.1 Å². The van der Waals surface area contributed by atoms with Crippen molar-refractivity contribution in [3.05, 3.63) is 17.2 Å². The third kappa shape index (κ3) is 3.73. The highest BCUT2D eigenvalue weighted by Crippen LogP contribution is 2.48. The molecule has 8 heteroatoms. The molecule has 28 heavy (non-hydrogen) atoms. The van der Waals surface area contributed by atoms with Crippen molar-refractivity contribution >= 4 is 11.9 Å². The summed E-state index contributed by atoms with van der Waals surface area (Å²) in [5.74, 6) is -0.461. The third-order valence-corrected chi connectivity index (χ3v) is 4.38. The molecule has 0 saturated carbocycles. The fourth-order valence-corrected chi connectivity index (χ4v) is 3.39. The number of ether oxygens (including phenoxy) is 5. The Hall–Kier alpha value is -2.48. The van der Waals surface area contributed by atoms with E-state index in [1.54, 1.807) is 19.9 Å². The van der Waals surface area contributed by atoms with E-state index in [2.05, 4.69) is 5.32 Å². The van der Waals surface area contributed by atoms with E-state index in [0.717, 1.165) is 5.56 Å².